The minimum atomic E-state index is -1.03. The summed E-state index contributed by atoms with van der Waals surface area (Å²) in [6.07, 6.45) is 1.40. The second-order valence-corrected chi connectivity index (χ2v) is 5.65. The average molecular weight is 297 g/mol. The molecule has 0 saturated carbocycles. The summed E-state index contributed by atoms with van der Waals surface area (Å²) >= 11 is 0. The highest BCUT2D eigenvalue weighted by atomic mass is 16.3. The third-order valence-corrected chi connectivity index (χ3v) is 2.78. The number of hydrogen-bond acceptors (Lipinski definition) is 5. The Morgan fingerprint density at radius 1 is 1.38 bits per heavy atom. The molecule has 118 valence electrons. The molecule has 0 aliphatic carbocycles. The van der Waals surface area contributed by atoms with Crippen LogP contribution in [0.4, 0.5) is 0 Å². The van der Waals surface area contributed by atoms with E-state index in [-0.39, 0.29) is 30.7 Å². The molecule has 0 fully saturated rings. The van der Waals surface area contributed by atoms with Gasteiger partial charge in [-0.2, -0.15) is 0 Å². The second-order valence-electron chi connectivity index (χ2n) is 5.65. The van der Waals surface area contributed by atoms with Crippen molar-refractivity contribution >= 4 is 11.8 Å². The smallest absolute Gasteiger partial charge is 0.289 e. The molecule has 2 amide bonds. The zero-order chi connectivity index (χ0) is 16.0. The highest BCUT2D eigenvalue weighted by molar-refractivity contribution is 5.94. The van der Waals surface area contributed by atoms with Crippen LogP contribution in [0.25, 0.3) is 0 Å². The molecule has 0 bridgehead atoms. The van der Waals surface area contributed by atoms with Gasteiger partial charge < -0.3 is 24.6 Å². The lowest BCUT2D eigenvalue weighted by Gasteiger charge is -2.27. The maximum atomic E-state index is 11.9. The minimum absolute atomic E-state index is 0.0996. The van der Waals surface area contributed by atoms with Crippen LogP contribution in [0.1, 0.15) is 17.5 Å². The van der Waals surface area contributed by atoms with Gasteiger partial charge in [-0.15, -0.1) is 0 Å². The molecule has 0 aliphatic rings. The first-order valence-electron chi connectivity index (χ1n) is 6.64. The molecule has 0 aromatic carbocycles. The van der Waals surface area contributed by atoms with Crippen LogP contribution in [0.2, 0.25) is 0 Å². The Balaban J connectivity index is 2.41. The monoisotopic (exact) mass is 297 g/mol. The molecule has 2 N–H and O–H groups in total. The summed E-state index contributed by atoms with van der Waals surface area (Å²) in [5.41, 5.74) is -1.03. The van der Waals surface area contributed by atoms with Crippen molar-refractivity contribution in [3.05, 3.63) is 24.2 Å². The van der Waals surface area contributed by atoms with Crippen molar-refractivity contribution in [2.45, 2.75) is 12.5 Å². The highest BCUT2D eigenvalue weighted by Crippen LogP contribution is 2.05. The van der Waals surface area contributed by atoms with E-state index < -0.39 is 5.60 Å². The van der Waals surface area contributed by atoms with E-state index in [1.54, 1.807) is 19.1 Å². The lowest BCUT2D eigenvalue weighted by Crippen LogP contribution is -2.49. The van der Waals surface area contributed by atoms with Crippen molar-refractivity contribution in [2.24, 2.45) is 0 Å². The van der Waals surface area contributed by atoms with E-state index in [0.717, 1.165) is 0 Å². The SMILES string of the molecule is CN(C)CC(C)(O)CNC(=O)CN(C)C(=O)c1ccco1. The van der Waals surface area contributed by atoms with Crippen molar-refractivity contribution in [3.63, 3.8) is 0 Å². The fourth-order valence-corrected chi connectivity index (χ4v) is 1.96. The minimum Gasteiger partial charge on any atom is -0.459 e. The Kier molecular flexibility index (Phi) is 5.92. The van der Waals surface area contributed by atoms with E-state index in [1.807, 2.05) is 19.0 Å². The molecule has 1 aromatic heterocycles. The number of hydrogen-bond donors (Lipinski definition) is 2. The van der Waals surface area contributed by atoms with Gasteiger partial charge in [0.25, 0.3) is 5.91 Å². The number of nitrogens with one attached hydrogen (secondary N) is 1. The fourth-order valence-electron chi connectivity index (χ4n) is 1.96. The van der Waals surface area contributed by atoms with Crippen LogP contribution in [-0.4, -0.2) is 73.1 Å². The molecule has 21 heavy (non-hydrogen) atoms. The van der Waals surface area contributed by atoms with E-state index >= 15 is 0 Å². The Morgan fingerprint density at radius 3 is 2.57 bits per heavy atom. The molecule has 0 spiro atoms. The normalized spacial score (nSPS) is 13.8. The molecular formula is C14H23N3O4. The topological polar surface area (TPSA) is 86.0 Å². The van der Waals surface area contributed by atoms with Crippen molar-refractivity contribution in [1.82, 2.24) is 15.1 Å². The molecule has 0 aliphatic heterocycles. The Labute approximate surface area is 124 Å². The quantitative estimate of drug-likeness (QED) is 0.727. The summed E-state index contributed by atoms with van der Waals surface area (Å²) in [6.45, 7) is 2.09. The summed E-state index contributed by atoms with van der Waals surface area (Å²) in [5, 5.41) is 12.7. The zero-order valence-electron chi connectivity index (χ0n) is 12.9. The van der Waals surface area contributed by atoms with Crippen LogP contribution in [-0.2, 0) is 4.79 Å². The van der Waals surface area contributed by atoms with Crippen LogP contribution < -0.4 is 5.32 Å². The Bertz CT molecular complexity index is 469. The van der Waals surface area contributed by atoms with Crippen molar-refractivity contribution < 1.29 is 19.1 Å². The number of furan rings is 1. The van der Waals surface area contributed by atoms with Crippen molar-refractivity contribution in [3.8, 4) is 0 Å². The van der Waals surface area contributed by atoms with E-state index in [4.69, 9.17) is 4.42 Å². The Morgan fingerprint density at radius 2 is 2.05 bits per heavy atom. The number of nitrogens with zero attached hydrogens (tertiary/aromatic N) is 2. The lowest BCUT2D eigenvalue weighted by atomic mass is 10.1. The van der Waals surface area contributed by atoms with Gasteiger partial charge in [-0.05, 0) is 33.2 Å². The van der Waals surface area contributed by atoms with Crippen LogP contribution in [0.15, 0.2) is 22.8 Å². The molecule has 0 saturated heterocycles. The summed E-state index contributed by atoms with van der Waals surface area (Å²) < 4.78 is 4.99. The van der Waals surface area contributed by atoms with Gasteiger partial charge >= 0.3 is 0 Å². The molecular weight excluding hydrogens is 274 g/mol. The molecule has 1 heterocycles. The van der Waals surface area contributed by atoms with E-state index in [0.29, 0.717) is 6.54 Å². The number of aliphatic hydroxyl groups is 1. The predicted octanol–water partition coefficient (Wildman–Crippen LogP) is -0.220. The van der Waals surface area contributed by atoms with E-state index in [9.17, 15) is 14.7 Å². The first-order chi connectivity index (χ1) is 9.71. The lowest BCUT2D eigenvalue weighted by molar-refractivity contribution is -0.122. The fraction of sp³-hybridized carbons (Fsp3) is 0.571. The first kappa shape index (κ1) is 17.2. The van der Waals surface area contributed by atoms with Crippen LogP contribution in [0.3, 0.4) is 0 Å². The predicted molar refractivity (Wildman–Crippen MR) is 77.9 cm³/mol. The van der Waals surface area contributed by atoms with Gasteiger partial charge in [-0.25, -0.2) is 0 Å². The first-order valence-corrected chi connectivity index (χ1v) is 6.64. The van der Waals surface area contributed by atoms with Gasteiger partial charge in [0.1, 0.15) is 0 Å². The molecule has 1 unspecified atom stereocenters. The molecule has 0 radical (unpaired) electrons. The third kappa shape index (κ3) is 5.97. The average Bonchev–Trinajstić information content (AvgIpc) is 2.87. The second kappa shape index (κ2) is 7.24. The summed E-state index contributed by atoms with van der Waals surface area (Å²) in [6, 6.07) is 3.15. The maximum Gasteiger partial charge on any atom is 0.289 e. The number of likely N-dealkylation sites (N-methyl/N-ethyl adjacent to an activating group) is 2. The molecule has 1 rings (SSSR count). The summed E-state index contributed by atoms with van der Waals surface area (Å²) in [5.74, 6) is -0.517. The van der Waals surface area contributed by atoms with Gasteiger partial charge in [-0.1, -0.05) is 0 Å². The van der Waals surface area contributed by atoms with E-state index in [2.05, 4.69) is 5.32 Å². The number of carbonyl (C=O) groups is 2. The highest BCUT2D eigenvalue weighted by Gasteiger charge is 2.23. The van der Waals surface area contributed by atoms with Crippen molar-refractivity contribution in [2.75, 3.05) is 40.8 Å². The molecule has 7 heteroatoms. The molecule has 1 aromatic rings. The Hall–Kier alpha value is -1.86. The molecule has 7 nitrogen and oxygen atoms in total. The van der Waals surface area contributed by atoms with Crippen LogP contribution >= 0.6 is 0 Å². The molecule has 1 atom stereocenters. The number of carbonyl (C=O) groups excluding carboxylic acids is 2. The standard InChI is InChI=1S/C14H23N3O4/c1-14(20,10-16(2)3)9-15-12(18)8-17(4)13(19)11-6-5-7-21-11/h5-7,20H,8-10H2,1-4H3,(H,15,18). The van der Waals surface area contributed by atoms with E-state index in [1.165, 1.54) is 18.2 Å². The number of amides is 2. The number of rotatable bonds is 7. The van der Waals surface area contributed by atoms with Gasteiger partial charge in [0.2, 0.25) is 5.91 Å². The maximum absolute atomic E-state index is 11.9. The summed E-state index contributed by atoms with van der Waals surface area (Å²) in [7, 11) is 5.20. The van der Waals surface area contributed by atoms with Crippen LogP contribution in [0.5, 0.6) is 0 Å². The van der Waals surface area contributed by atoms with Gasteiger partial charge in [-0.3, -0.25) is 9.59 Å². The van der Waals surface area contributed by atoms with Gasteiger partial charge in [0.05, 0.1) is 18.4 Å². The van der Waals surface area contributed by atoms with Gasteiger partial charge in [0.15, 0.2) is 5.76 Å². The largest absolute Gasteiger partial charge is 0.459 e. The zero-order valence-corrected chi connectivity index (χ0v) is 12.9. The van der Waals surface area contributed by atoms with Crippen molar-refractivity contribution in [1.29, 1.82) is 0 Å². The third-order valence-electron chi connectivity index (χ3n) is 2.78. The van der Waals surface area contributed by atoms with Gasteiger partial charge in [0, 0.05) is 20.1 Å². The summed E-state index contributed by atoms with van der Waals surface area (Å²) in [4.78, 5) is 26.8. The van der Waals surface area contributed by atoms with Crippen LogP contribution in [0, 0.1) is 0 Å².